The molecule has 2 rings (SSSR count). The molecule has 2 nitrogen and oxygen atoms in total. The molecule has 1 aliphatic heterocycles. The molecule has 0 bridgehead atoms. The van der Waals surface area contributed by atoms with Gasteiger partial charge in [-0.15, -0.1) is 0 Å². The van der Waals surface area contributed by atoms with Crippen LogP contribution in [0.3, 0.4) is 0 Å². The Balaban J connectivity index is 2.44. The van der Waals surface area contributed by atoms with Gasteiger partial charge in [0.25, 0.3) is 0 Å². The maximum Gasteiger partial charge on any atom is 0.188 e. The first-order valence-corrected chi connectivity index (χ1v) is 4.75. The fourth-order valence-corrected chi connectivity index (χ4v) is 1.65. The molecule has 1 heterocycles. The van der Waals surface area contributed by atoms with E-state index in [2.05, 4.69) is 0 Å². The van der Waals surface area contributed by atoms with Crippen LogP contribution in [0.15, 0.2) is 12.1 Å². The minimum Gasteiger partial charge on any atom is -0.346 e. The van der Waals surface area contributed by atoms with Gasteiger partial charge >= 0.3 is 0 Å². The summed E-state index contributed by atoms with van der Waals surface area (Å²) in [5.74, 6) is -0.343. The van der Waals surface area contributed by atoms with Crippen molar-refractivity contribution < 1.29 is 13.9 Å². The zero-order valence-electron chi connectivity index (χ0n) is 7.72. The number of halogens is 2. The Morgan fingerprint density at radius 1 is 1.36 bits per heavy atom. The first kappa shape index (κ1) is 9.90. The third kappa shape index (κ3) is 1.63. The lowest BCUT2D eigenvalue weighted by atomic mass is 10.1. The lowest BCUT2D eigenvalue weighted by Crippen LogP contribution is -2.04. The number of ether oxygens (including phenoxy) is 2. The van der Waals surface area contributed by atoms with Crippen LogP contribution >= 0.6 is 11.6 Å². The van der Waals surface area contributed by atoms with Crippen molar-refractivity contribution in [1.29, 1.82) is 0 Å². The summed E-state index contributed by atoms with van der Waals surface area (Å²) in [6, 6.07) is 3.29. The van der Waals surface area contributed by atoms with Crippen LogP contribution in [0.25, 0.3) is 0 Å². The smallest absolute Gasteiger partial charge is 0.188 e. The standard InChI is InChI=1S/C10H10ClFO2/c1-6-2-3-7(11)8(9(6)12)10-13-4-5-14-10/h2-3,10H,4-5H2,1H3. The summed E-state index contributed by atoms with van der Waals surface area (Å²) >= 11 is 5.88. The lowest BCUT2D eigenvalue weighted by Gasteiger charge is -2.13. The summed E-state index contributed by atoms with van der Waals surface area (Å²) in [7, 11) is 0. The maximum atomic E-state index is 13.7. The quantitative estimate of drug-likeness (QED) is 0.719. The van der Waals surface area contributed by atoms with Gasteiger partial charge in [-0.3, -0.25) is 0 Å². The SMILES string of the molecule is Cc1ccc(Cl)c(C2OCCO2)c1F. The minimum atomic E-state index is -0.651. The molecule has 1 saturated heterocycles. The third-order valence-corrected chi connectivity index (χ3v) is 2.51. The highest BCUT2D eigenvalue weighted by Crippen LogP contribution is 2.32. The van der Waals surface area contributed by atoms with E-state index in [1.807, 2.05) is 0 Å². The lowest BCUT2D eigenvalue weighted by molar-refractivity contribution is -0.0464. The second-order valence-corrected chi connectivity index (χ2v) is 3.57. The van der Waals surface area contributed by atoms with Gasteiger partial charge in [-0.2, -0.15) is 0 Å². The molecule has 1 fully saturated rings. The highest BCUT2D eigenvalue weighted by molar-refractivity contribution is 6.31. The van der Waals surface area contributed by atoms with Crippen molar-refractivity contribution in [1.82, 2.24) is 0 Å². The van der Waals surface area contributed by atoms with Gasteiger partial charge in [0.2, 0.25) is 0 Å². The molecule has 0 aliphatic carbocycles. The number of rotatable bonds is 1. The Bertz CT molecular complexity index is 348. The van der Waals surface area contributed by atoms with Gasteiger partial charge in [-0.25, -0.2) is 4.39 Å². The molecule has 1 aliphatic rings. The zero-order valence-corrected chi connectivity index (χ0v) is 8.47. The van der Waals surface area contributed by atoms with Crippen molar-refractivity contribution >= 4 is 11.6 Å². The van der Waals surface area contributed by atoms with Crippen molar-refractivity contribution in [2.45, 2.75) is 13.2 Å². The predicted molar refractivity (Wildman–Crippen MR) is 50.8 cm³/mol. The zero-order chi connectivity index (χ0) is 10.1. The molecule has 0 unspecified atom stereocenters. The van der Waals surface area contributed by atoms with E-state index in [-0.39, 0.29) is 5.82 Å². The van der Waals surface area contributed by atoms with Crippen molar-refractivity contribution in [2.24, 2.45) is 0 Å². The predicted octanol–water partition coefficient (Wildman–Crippen LogP) is 2.83. The summed E-state index contributed by atoms with van der Waals surface area (Å²) in [5.41, 5.74) is 0.854. The molecule has 0 spiro atoms. The monoisotopic (exact) mass is 216 g/mol. The molecule has 0 N–H and O–H groups in total. The molecular formula is C10H10ClFO2. The Morgan fingerprint density at radius 2 is 2.00 bits per heavy atom. The molecule has 0 aromatic heterocycles. The highest BCUT2D eigenvalue weighted by atomic mass is 35.5. The van der Waals surface area contributed by atoms with Crippen molar-refractivity contribution in [3.63, 3.8) is 0 Å². The van der Waals surface area contributed by atoms with Crippen molar-refractivity contribution in [2.75, 3.05) is 13.2 Å². The van der Waals surface area contributed by atoms with Crippen LogP contribution in [0.2, 0.25) is 5.02 Å². The normalized spacial score (nSPS) is 17.6. The summed E-state index contributed by atoms with van der Waals surface area (Å²) in [5, 5.41) is 0.347. The topological polar surface area (TPSA) is 18.5 Å². The van der Waals surface area contributed by atoms with E-state index in [1.165, 1.54) is 0 Å². The Labute approximate surface area is 86.6 Å². The third-order valence-electron chi connectivity index (χ3n) is 2.18. The molecule has 4 heteroatoms. The van der Waals surface area contributed by atoms with E-state index < -0.39 is 6.29 Å². The van der Waals surface area contributed by atoms with Crippen LogP contribution in [0.5, 0.6) is 0 Å². The maximum absolute atomic E-state index is 13.7. The minimum absolute atomic E-state index is 0.309. The number of benzene rings is 1. The summed E-state index contributed by atoms with van der Waals surface area (Å²) in [4.78, 5) is 0. The molecule has 0 atom stereocenters. The molecular weight excluding hydrogens is 207 g/mol. The fraction of sp³-hybridized carbons (Fsp3) is 0.400. The van der Waals surface area contributed by atoms with Gasteiger partial charge in [-0.1, -0.05) is 17.7 Å². The van der Waals surface area contributed by atoms with Gasteiger partial charge < -0.3 is 9.47 Å². The summed E-state index contributed by atoms with van der Waals surface area (Å²) in [6.07, 6.45) is -0.651. The van der Waals surface area contributed by atoms with Gasteiger partial charge in [-0.05, 0) is 18.6 Å². The fourth-order valence-electron chi connectivity index (χ4n) is 1.42. The first-order chi connectivity index (χ1) is 6.70. The molecule has 14 heavy (non-hydrogen) atoms. The van der Waals surface area contributed by atoms with Gasteiger partial charge in [0.15, 0.2) is 6.29 Å². The Morgan fingerprint density at radius 3 is 2.64 bits per heavy atom. The Kier molecular flexibility index (Phi) is 2.72. The van der Waals surface area contributed by atoms with Crippen LogP contribution in [-0.4, -0.2) is 13.2 Å². The summed E-state index contributed by atoms with van der Waals surface area (Å²) in [6.45, 7) is 2.65. The Hall–Kier alpha value is -0.640. The number of hydrogen-bond acceptors (Lipinski definition) is 2. The van der Waals surface area contributed by atoms with E-state index in [4.69, 9.17) is 21.1 Å². The van der Waals surface area contributed by atoms with Crippen LogP contribution < -0.4 is 0 Å². The molecule has 1 aromatic carbocycles. The van der Waals surface area contributed by atoms with Crippen LogP contribution in [-0.2, 0) is 9.47 Å². The van der Waals surface area contributed by atoms with E-state index in [0.717, 1.165) is 0 Å². The van der Waals surface area contributed by atoms with Crippen molar-refractivity contribution in [3.8, 4) is 0 Å². The van der Waals surface area contributed by atoms with Gasteiger partial charge in [0, 0.05) is 0 Å². The molecule has 0 radical (unpaired) electrons. The number of aryl methyl sites for hydroxylation is 1. The molecule has 76 valence electrons. The largest absolute Gasteiger partial charge is 0.346 e. The molecule has 0 amide bonds. The van der Waals surface area contributed by atoms with E-state index >= 15 is 0 Å². The highest BCUT2D eigenvalue weighted by Gasteiger charge is 2.25. The first-order valence-electron chi connectivity index (χ1n) is 4.38. The average Bonchev–Trinajstić information content (AvgIpc) is 2.65. The van der Waals surface area contributed by atoms with Crippen LogP contribution in [0.1, 0.15) is 17.4 Å². The van der Waals surface area contributed by atoms with Crippen LogP contribution in [0, 0.1) is 12.7 Å². The second-order valence-electron chi connectivity index (χ2n) is 3.17. The summed E-state index contributed by atoms with van der Waals surface area (Å²) < 4.78 is 24.1. The van der Waals surface area contributed by atoms with Crippen LogP contribution in [0.4, 0.5) is 4.39 Å². The number of hydrogen-bond donors (Lipinski definition) is 0. The average molecular weight is 217 g/mol. The molecule has 1 aromatic rings. The van der Waals surface area contributed by atoms with E-state index in [1.54, 1.807) is 19.1 Å². The van der Waals surface area contributed by atoms with E-state index in [9.17, 15) is 4.39 Å². The van der Waals surface area contributed by atoms with E-state index in [0.29, 0.717) is 29.4 Å². The second kappa shape index (κ2) is 3.85. The van der Waals surface area contributed by atoms with Crippen molar-refractivity contribution in [3.05, 3.63) is 34.1 Å². The van der Waals surface area contributed by atoms with Gasteiger partial charge in [0.1, 0.15) is 5.82 Å². The molecule has 0 saturated carbocycles. The van der Waals surface area contributed by atoms with Gasteiger partial charge in [0.05, 0.1) is 23.8 Å².